The minimum absolute atomic E-state index is 0.264. The van der Waals surface area contributed by atoms with Crippen LogP contribution in [0.2, 0.25) is 0 Å². The Morgan fingerprint density at radius 1 is 0.350 bits per heavy atom. The first-order chi connectivity index (χ1) is 29.3. The van der Waals surface area contributed by atoms with Crippen LogP contribution >= 0.6 is 0 Å². The number of nitrogens with zero attached hydrogens (tertiary/aromatic N) is 3. The molecular formula is C54H69N3O3. The fourth-order valence-corrected chi connectivity index (χ4v) is 8.11. The van der Waals surface area contributed by atoms with Crippen LogP contribution in [-0.2, 0) is 0 Å². The molecule has 3 amide bonds. The van der Waals surface area contributed by atoms with Crippen LogP contribution in [0, 0.1) is 37.0 Å². The summed E-state index contributed by atoms with van der Waals surface area (Å²) in [5, 5.41) is 0. The Labute approximate surface area is 362 Å². The lowest BCUT2D eigenvalue weighted by atomic mass is 10.0. The molecule has 0 radical (unpaired) electrons. The standard InChI is InChI=1S/C54H69N3O3/c1-7-13-16-19-22-25-28-31-55-49-37-43(10-4)35-47(40-49)53(59)57(33-30-27-24-21-18-15-9-3)51-39-45(12-6)36-48(42-51)54(60)56(32-29-26-23-20-17-14-8-2)50-38-44(11-5)34-46(41-50)52(55)58/h4-6,34-42H,7-9,13-33H2,1-3H3. The first kappa shape index (κ1) is 47.4. The number of carbonyl (C=O) groups excluding carboxylic acids is 3. The van der Waals surface area contributed by atoms with E-state index < -0.39 is 0 Å². The van der Waals surface area contributed by atoms with Crippen LogP contribution in [0.1, 0.15) is 203 Å². The van der Waals surface area contributed by atoms with Crippen molar-refractivity contribution in [1.82, 2.24) is 0 Å². The molecule has 318 valence electrons. The Morgan fingerprint density at radius 3 is 0.817 bits per heavy atom. The summed E-state index contributed by atoms with van der Waals surface area (Å²) in [4.78, 5) is 50.0. The van der Waals surface area contributed by atoms with Crippen molar-refractivity contribution >= 4 is 34.8 Å². The predicted octanol–water partition coefficient (Wildman–Crippen LogP) is 13.1. The third kappa shape index (κ3) is 14.2. The molecule has 6 bridgehead atoms. The summed E-state index contributed by atoms with van der Waals surface area (Å²) in [7, 11) is 0. The van der Waals surface area contributed by atoms with E-state index >= 15 is 0 Å². The van der Waals surface area contributed by atoms with Gasteiger partial charge in [-0.3, -0.25) is 14.4 Å². The van der Waals surface area contributed by atoms with Gasteiger partial charge in [0.15, 0.2) is 0 Å². The summed E-state index contributed by atoms with van der Waals surface area (Å²) in [5.41, 5.74) is 4.27. The van der Waals surface area contributed by atoms with Crippen molar-refractivity contribution in [1.29, 1.82) is 0 Å². The van der Waals surface area contributed by atoms with E-state index in [-0.39, 0.29) is 17.7 Å². The monoisotopic (exact) mass is 808 g/mol. The number of rotatable bonds is 24. The molecule has 0 unspecified atom stereocenters. The molecule has 0 aliphatic carbocycles. The summed E-state index contributed by atoms with van der Waals surface area (Å²) >= 11 is 0. The lowest BCUT2D eigenvalue weighted by molar-refractivity contribution is 0.0975. The van der Waals surface area contributed by atoms with Crippen LogP contribution in [0.15, 0.2) is 54.6 Å². The van der Waals surface area contributed by atoms with Gasteiger partial charge in [0.25, 0.3) is 17.7 Å². The molecule has 1 aliphatic rings. The van der Waals surface area contributed by atoms with Crippen molar-refractivity contribution in [3.05, 3.63) is 88.0 Å². The second-order valence-corrected chi connectivity index (χ2v) is 16.5. The highest BCUT2D eigenvalue weighted by Crippen LogP contribution is 2.31. The number of carbonyl (C=O) groups is 3. The molecule has 4 rings (SSSR count). The molecule has 0 aromatic heterocycles. The van der Waals surface area contributed by atoms with E-state index in [4.69, 9.17) is 19.3 Å². The maximum Gasteiger partial charge on any atom is 0.258 e. The summed E-state index contributed by atoms with van der Waals surface area (Å²) in [6.45, 7) is 7.92. The highest BCUT2D eigenvalue weighted by molar-refractivity contribution is 6.12. The van der Waals surface area contributed by atoms with Crippen molar-refractivity contribution in [2.75, 3.05) is 34.3 Å². The first-order valence-electron chi connectivity index (χ1n) is 23.1. The molecule has 60 heavy (non-hydrogen) atoms. The van der Waals surface area contributed by atoms with Gasteiger partial charge in [0.1, 0.15) is 0 Å². The molecule has 0 saturated heterocycles. The minimum Gasteiger partial charge on any atom is -0.308 e. The van der Waals surface area contributed by atoms with Gasteiger partial charge in [-0.25, -0.2) is 0 Å². The number of unbranched alkanes of at least 4 members (excludes halogenated alkanes) is 18. The molecule has 0 spiro atoms. The van der Waals surface area contributed by atoms with Gasteiger partial charge in [-0.1, -0.05) is 154 Å². The lowest BCUT2D eigenvalue weighted by Crippen LogP contribution is -2.34. The number of benzene rings is 3. The molecule has 6 heteroatoms. The third-order valence-corrected chi connectivity index (χ3v) is 11.6. The van der Waals surface area contributed by atoms with Gasteiger partial charge in [-0.05, 0) is 73.9 Å². The van der Waals surface area contributed by atoms with Crippen LogP contribution in [0.4, 0.5) is 17.1 Å². The first-order valence-corrected chi connectivity index (χ1v) is 23.1. The van der Waals surface area contributed by atoms with E-state index in [1.54, 1.807) is 51.1 Å². The number of fused-ring (bicyclic) bond motifs is 6. The quantitative estimate of drug-likeness (QED) is 0.0669. The van der Waals surface area contributed by atoms with Crippen LogP contribution in [0.25, 0.3) is 0 Å². The average Bonchev–Trinajstić information content (AvgIpc) is 3.27. The zero-order valence-electron chi connectivity index (χ0n) is 37.0. The zero-order valence-corrected chi connectivity index (χ0v) is 37.0. The van der Waals surface area contributed by atoms with E-state index in [0.29, 0.717) is 70.1 Å². The molecule has 0 N–H and O–H groups in total. The average molecular weight is 808 g/mol. The molecule has 0 saturated carbocycles. The van der Waals surface area contributed by atoms with Crippen molar-refractivity contribution < 1.29 is 14.4 Å². The summed E-state index contributed by atoms with van der Waals surface area (Å²) in [6.07, 6.45) is 40.9. The molecule has 6 nitrogen and oxygen atoms in total. The minimum atomic E-state index is -0.264. The third-order valence-electron chi connectivity index (χ3n) is 11.6. The maximum absolute atomic E-state index is 14.9. The highest BCUT2D eigenvalue weighted by Gasteiger charge is 2.27. The van der Waals surface area contributed by atoms with Crippen LogP contribution in [0.3, 0.4) is 0 Å². The predicted molar refractivity (Wildman–Crippen MR) is 252 cm³/mol. The molecule has 0 atom stereocenters. The molecule has 0 fully saturated rings. The van der Waals surface area contributed by atoms with E-state index in [9.17, 15) is 14.4 Å². The van der Waals surface area contributed by atoms with Crippen LogP contribution in [0.5, 0.6) is 0 Å². The van der Waals surface area contributed by atoms with Gasteiger partial charge in [-0.15, -0.1) is 19.3 Å². The Balaban J connectivity index is 1.88. The highest BCUT2D eigenvalue weighted by atomic mass is 16.2. The largest absolute Gasteiger partial charge is 0.308 e. The van der Waals surface area contributed by atoms with E-state index in [2.05, 4.69) is 38.5 Å². The maximum atomic E-state index is 14.9. The van der Waals surface area contributed by atoms with Crippen LogP contribution in [-0.4, -0.2) is 37.4 Å². The fourth-order valence-electron chi connectivity index (χ4n) is 8.11. The Morgan fingerprint density at radius 2 is 0.583 bits per heavy atom. The van der Waals surface area contributed by atoms with Crippen molar-refractivity contribution in [3.63, 3.8) is 0 Å². The van der Waals surface area contributed by atoms with E-state index in [0.717, 1.165) is 77.0 Å². The van der Waals surface area contributed by atoms with Crippen molar-refractivity contribution in [2.24, 2.45) is 0 Å². The summed E-state index contributed by atoms with van der Waals surface area (Å²) in [6, 6.07) is 16.0. The number of amides is 3. The Kier molecular flexibility index (Phi) is 20.6. The summed E-state index contributed by atoms with van der Waals surface area (Å²) in [5.74, 6) is 7.46. The second-order valence-electron chi connectivity index (χ2n) is 16.5. The zero-order chi connectivity index (χ0) is 43.1. The van der Waals surface area contributed by atoms with Crippen molar-refractivity contribution in [2.45, 2.75) is 156 Å². The van der Waals surface area contributed by atoms with Crippen LogP contribution < -0.4 is 14.7 Å². The number of hydrogen-bond donors (Lipinski definition) is 0. The molecule has 1 heterocycles. The molecule has 1 aliphatic heterocycles. The van der Waals surface area contributed by atoms with Gasteiger partial charge in [0.05, 0.1) is 0 Å². The van der Waals surface area contributed by atoms with E-state index in [1.807, 2.05) is 18.2 Å². The lowest BCUT2D eigenvalue weighted by Gasteiger charge is -2.26. The van der Waals surface area contributed by atoms with Gasteiger partial charge in [0, 0.05) is 70.1 Å². The van der Waals surface area contributed by atoms with Gasteiger partial charge < -0.3 is 14.7 Å². The Bertz CT molecular complexity index is 1760. The van der Waals surface area contributed by atoms with Gasteiger partial charge >= 0.3 is 0 Å². The molecule has 3 aromatic carbocycles. The smallest absolute Gasteiger partial charge is 0.258 e. The topological polar surface area (TPSA) is 60.9 Å². The number of terminal acetylenes is 3. The molecule has 3 aromatic rings. The van der Waals surface area contributed by atoms with E-state index in [1.165, 1.54) is 57.8 Å². The normalized spacial score (nSPS) is 12.8. The second kappa shape index (κ2) is 26.1. The molecular weight excluding hydrogens is 739 g/mol. The van der Waals surface area contributed by atoms with Crippen molar-refractivity contribution in [3.8, 4) is 37.0 Å². The SMILES string of the molecule is C#Cc1cc2cc(c1)N(CCCCCCCCC)C(=O)c1cc(C#C)cc(c1)N(CCCCCCCCC)C(=O)c1cc(C#C)cc(c1)N(CCCCCCCCC)C2=O. The van der Waals surface area contributed by atoms with Gasteiger partial charge in [-0.2, -0.15) is 0 Å². The summed E-state index contributed by atoms with van der Waals surface area (Å²) < 4.78 is 0. The number of hydrogen-bond acceptors (Lipinski definition) is 3. The number of anilines is 3. The Hall–Kier alpha value is -5.25. The fraction of sp³-hybridized carbons (Fsp3) is 0.500. The van der Waals surface area contributed by atoms with Gasteiger partial charge in [0.2, 0.25) is 0 Å².